The summed E-state index contributed by atoms with van der Waals surface area (Å²) in [4.78, 5) is 11.2. The molecule has 0 spiro atoms. The summed E-state index contributed by atoms with van der Waals surface area (Å²) in [5.74, 6) is -1.03. The van der Waals surface area contributed by atoms with Gasteiger partial charge in [-0.2, -0.15) is 0 Å². The quantitative estimate of drug-likeness (QED) is 0.825. The number of hydrogen-bond acceptors (Lipinski definition) is 3. The molecule has 0 fully saturated rings. The monoisotopic (exact) mass is 238 g/mol. The van der Waals surface area contributed by atoms with Crippen LogP contribution in [0.5, 0.6) is 0 Å². The molecule has 17 heavy (non-hydrogen) atoms. The summed E-state index contributed by atoms with van der Waals surface area (Å²) in [7, 11) is 1.46. The van der Waals surface area contributed by atoms with E-state index >= 15 is 0 Å². The minimum atomic E-state index is -1.33. The molecule has 0 saturated heterocycles. The molecule has 0 radical (unpaired) electrons. The molecule has 1 N–H and O–H groups in total. The zero-order chi connectivity index (χ0) is 12.9. The highest BCUT2D eigenvalue weighted by Gasteiger charge is 2.36. The third-order valence-electron chi connectivity index (χ3n) is 2.58. The van der Waals surface area contributed by atoms with Gasteiger partial charge in [0.2, 0.25) is 0 Å². The fourth-order valence-corrected chi connectivity index (χ4v) is 1.60. The van der Waals surface area contributed by atoms with Crippen LogP contribution >= 0.6 is 0 Å². The Hall–Kier alpha value is -1.39. The highest BCUT2D eigenvalue weighted by Crippen LogP contribution is 2.24. The summed E-state index contributed by atoms with van der Waals surface area (Å²) in [6, 6.07) is 9.49. The minimum absolute atomic E-state index is 0.0134. The largest absolute Gasteiger partial charge is 0.479 e. The van der Waals surface area contributed by atoms with Crippen molar-refractivity contribution in [3.8, 4) is 0 Å². The molecule has 0 heterocycles. The second-order valence-electron chi connectivity index (χ2n) is 4.14. The maximum absolute atomic E-state index is 11.2. The average Bonchev–Trinajstić information content (AvgIpc) is 2.30. The number of carbonyl (C=O) groups is 1. The first kappa shape index (κ1) is 13.7. The number of ether oxygens (including phenoxy) is 2. The maximum atomic E-state index is 11.2. The van der Waals surface area contributed by atoms with Crippen molar-refractivity contribution in [3.05, 3.63) is 35.9 Å². The summed E-state index contributed by atoms with van der Waals surface area (Å²) in [5, 5.41) is 9.15. The van der Waals surface area contributed by atoms with Gasteiger partial charge in [0, 0.05) is 7.11 Å². The van der Waals surface area contributed by atoms with E-state index in [2.05, 4.69) is 0 Å². The number of aliphatic carboxylic acids is 1. The van der Waals surface area contributed by atoms with Crippen LogP contribution in [-0.4, -0.2) is 30.4 Å². The molecule has 1 aromatic rings. The smallest absolute Gasteiger partial charge is 0.338 e. The minimum Gasteiger partial charge on any atom is -0.479 e. The topological polar surface area (TPSA) is 55.8 Å². The Labute approximate surface area is 101 Å². The molecule has 2 atom stereocenters. The molecular weight excluding hydrogens is 220 g/mol. The van der Waals surface area contributed by atoms with Crippen molar-refractivity contribution >= 4 is 5.97 Å². The molecule has 0 aliphatic carbocycles. The van der Waals surface area contributed by atoms with E-state index in [9.17, 15) is 4.79 Å². The zero-order valence-corrected chi connectivity index (χ0v) is 10.3. The molecule has 4 nitrogen and oxygen atoms in total. The van der Waals surface area contributed by atoms with E-state index in [1.165, 1.54) is 14.0 Å². The van der Waals surface area contributed by atoms with Crippen molar-refractivity contribution in [2.75, 3.05) is 13.7 Å². The molecule has 0 amide bonds. The summed E-state index contributed by atoms with van der Waals surface area (Å²) in [6.45, 7) is 3.35. The Kier molecular flexibility index (Phi) is 4.66. The van der Waals surface area contributed by atoms with E-state index in [1.807, 2.05) is 37.3 Å². The molecule has 0 aliphatic heterocycles. The van der Waals surface area contributed by atoms with E-state index in [0.29, 0.717) is 0 Å². The van der Waals surface area contributed by atoms with Crippen LogP contribution in [0.15, 0.2) is 30.3 Å². The standard InChI is InChI=1S/C13H18O4/c1-10(11-7-5-4-6-8-11)17-13(2,9-16-3)12(14)15/h4-8,10H,9H2,1-3H3,(H,14,15). The Morgan fingerprint density at radius 2 is 2.00 bits per heavy atom. The summed E-state index contributed by atoms with van der Waals surface area (Å²) >= 11 is 0. The predicted octanol–water partition coefficient (Wildman–Crippen LogP) is 2.25. The van der Waals surface area contributed by atoms with Crippen LogP contribution in [0.25, 0.3) is 0 Å². The maximum Gasteiger partial charge on any atom is 0.338 e. The SMILES string of the molecule is COCC(C)(OC(C)c1ccccc1)C(=O)O. The van der Waals surface area contributed by atoms with Crippen molar-refractivity contribution in [1.29, 1.82) is 0 Å². The second-order valence-corrected chi connectivity index (χ2v) is 4.14. The third kappa shape index (κ3) is 3.54. The number of methoxy groups -OCH3 is 1. The third-order valence-corrected chi connectivity index (χ3v) is 2.58. The van der Waals surface area contributed by atoms with E-state index in [0.717, 1.165) is 5.56 Å². The summed E-state index contributed by atoms with van der Waals surface area (Å²) < 4.78 is 10.5. The molecule has 0 aromatic heterocycles. The first-order valence-corrected chi connectivity index (χ1v) is 5.44. The van der Waals surface area contributed by atoms with Gasteiger partial charge in [-0.25, -0.2) is 4.79 Å². The van der Waals surface area contributed by atoms with Crippen LogP contribution in [0.4, 0.5) is 0 Å². The molecule has 0 aliphatic rings. The van der Waals surface area contributed by atoms with Crippen molar-refractivity contribution in [3.63, 3.8) is 0 Å². The molecule has 1 rings (SSSR count). The lowest BCUT2D eigenvalue weighted by Gasteiger charge is -2.28. The van der Waals surface area contributed by atoms with Gasteiger partial charge in [0.25, 0.3) is 0 Å². The molecular formula is C13H18O4. The molecule has 4 heteroatoms. The number of rotatable bonds is 6. The van der Waals surface area contributed by atoms with E-state index < -0.39 is 11.6 Å². The normalized spacial score (nSPS) is 16.2. The highest BCUT2D eigenvalue weighted by molar-refractivity contribution is 5.77. The molecule has 2 unspecified atom stereocenters. The van der Waals surface area contributed by atoms with Crippen molar-refractivity contribution in [2.24, 2.45) is 0 Å². The van der Waals surface area contributed by atoms with Crippen LogP contribution in [-0.2, 0) is 14.3 Å². The van der Waals surface area contributed by atoms with Gasteiger partial charge >= 0.3 is 5.97 Å². The summed E-state index contributed by atoms with van der Waals surface area (Å²) in [5.41, 5.74) is -0.389. The van der Waals surface area contributed by atoms with Gasteiger partial charge in [0.15, 0.2) is 5.60 Å². The summed E-state index contributed by atoms with van der Waals surface area (Å²) in [6.07, 6.45) is -0.299. The average molecular weight is 238 g/mol. The second kappa shape index (κ2) is 5.80. The number of hydrogen-bond donors (Lipinski definition) is 1. The molecule has 1 aromatic carbocycles. The lowest BCUT2D eigenvalue weighted by Crippen LogP contribution is -2.43. The number of carboxylic acids is 1. The van der Waals surface area contributed by atoms with Gasteiger partial charge in [0.05, 0.1) is 12.7 Å². The zero-order valence-electron chi connectivity index (χ0n) is 10.3. The van der Waals surface area contributed by atoms with Gasteiger partial charge < -0.3 is 14.6 Å². The van der Waals surface area contributed by atoms with Crippen LogP contribution < -0.4 is 0 Å². The lowest BCUT2D eigenvalue weighted by atomic mass is 10.1. The van der Waals surface area contributed by atoms with E-state index in [1.54, 1.807) is 0 Å². The Bertz CT molecular complexity index is 363. The first-order valence-electron chi connectivity index (χ1n) is 5.44. The lowest BCUT2D eigenvalue weighted by molar-refractivity contribution is -0.178. The first-order chi connectivity index (χ1) is 7.99. The van der Waals surface area contributed by atoms with Crippen molar-refractivity contribution in [1.82, 2.24) is 0 Å². The van der Waals surface area contributed by atoms with Crippen molar-refractivity contribution in [2.45, 2.75) is 25.6 Å². The molecule has 0 bridgehead atoms. The number of carboxylic acid groups (broad SMARTS) is 1. The van der Waals surface area contributed by atoms with Crippen LogP contribution in [0.1, 0.15) is 25.5 Å². The van der Waals surface area contributed by atoms with Gasteiger partial charge in [-0.15, -0.1) is 0 Å². The Balaban J connectivity index is 2.78. The predicted molar refractivity (Wildman–Crippen MR) is 63.9 cm³/mol. The molecule has 94 valence electrons. The Morgan fingerprint density at radius 1 is 1.41 bits per heavy atom. The van der Waals surface area contributed by atoms with Crippen LogP contribution in [0.2, 0.25) is 0 Å². The van der Waals surface area contributed by atoms with Crippen LogP contribution in [0, 0.1) is 0 Å². The van der Waals surface area contributed by atoms with Crippen LogP contribution in [0.3, 0.4) is 0 Å². The van der Waals surface area contributed by atoms with Gasteiger partial charge in [0.1, 0.15) is 0 Å². The van der Waals surface area contributed by atoms with Gasteiger partial charge in [-0.3, -0.25) is 0 Å². The van der Waals surface area contributed by atoms with Gasteiger partial charge in [-0.1, -0.05) is 30.3 Å². The fraction of sp³-hybridized carbons (Fsp3) is 0.462. The van der Waals surface area contributed by atoms with Gasteiger partial charge in [-0.05, 0) is 19.4 Å². The Morgan fingerprint density at radius 3 is 2.47 bits per heavy atom. The van der Waals surface area contributed by atoms with E-state index in [-0.39, 0.29) is 12.7 Å². The molecule has 0 saturated carbocycles. The number of benzene rings is 1. The highest BCUT2D eigenvalue weighted by atomic mass is 16.6. The fourth-order valence-electron chi connectivity index (χ4n) is 1.60. The van der Waals surface area contributed by atoms with E-state index in [4.69, 9.17) is 14.6 Å². The van der Waals surface area contributed by atoms with Crippen molar-refractivity contribution < 1.29 is 19.4 Å².